The summed E-state index contributed by atoms with van der Waals surface area (Å²) in [7, 11) is 0. The number of hydrogen-bond acceptors (Lipinski definition) is 5. The van der Waals surface area contributed by atoms with Crippen LogP contribution >= 0.6 is 0 Å². The van der Waals surface area contributed by atoms with E-state index in [1.165, 1.54) is 0 Å². The number of ether oxygens (including phenoxy) is 1. The number of rotatable bonds is 2. The van der Waals surface area contributed by atoms with Gasteiger partial charge in [0.05, 0.1) is 6.10 Å². The third-order valence-electron chi connectivity index (χ3n) is 3.02. The molecule has 1 saturated heterocycles. The molecule has 17 heavy (non-hydrogen) atoms. The predicted octanol–water partition coefficient (Wildman–Crippen LogP) is 0.859. The molecule has 5 heteroatoms. The van der Waals surface area contributed by atoms with Crippen LogP contribution in [0.25, 0.3) is 0 Å². The van der Waals surface area contributed by atoms with Gasteiger partial charge in [0.15, 0.2) is 0 Å². The van der Waals surface area contributed by atoms with Crippen LogP contribution < -0.4 is 10.6 Å². The Labute approximate surface area is 102 Å². The van der Waals surface area contributed by atoms with Crippen LogP contribution in [0.15, 0.2) is 6.20 Å². The fourth-order valence-electron chi connectivity index (χ4n) is 2.01. The summed E-state index contributed by atoms with van der Waals surface area (Å²) in [6.07, 6.45) is 3.08. The lowest BCUT2D eigenvalue weighted by molar-refractivity contribution is 0.0820. The Morgan fingerprint density at radius 2 is 2.41 bits per heavy atom. The van der Waals surface area contributed by atoms with Gasteiger partial charge in [0.1, 0.15) is 0 Å². The highest BCUT2D eigenvalue weighted by atomic mass is 16.5. The van der Waals surface area contributed by atoms with Crippen molar-refractivity contribution in [1.82, 2.24) is 9.97 Å². The fraction of sp³-hybridized carbons (Fsp3) is 0.667. The summed E-state index contributed by atoms with van der Waals surface area (Å²) < 4.78 is 5.61. The van der Waals surface area contributed by atoms with E-state index < -0.39 is 0 Å². The first kappa shape index (κ1) is 12.3. The number of anilines is 1. The molecule has 2 N–H and O–H groups in total. The smallest absolute Gasteiger partial charge is 0.225 e. The SMILES string of the molecule is Cc1nc(N2CCCOC(C)C2)ncc1CN. The average molecular weight is 236 g/mol. The van der Waals surface area contributed by atoms with E-state index in [1.54, 1.807) is 0 Å². The molecule has 2 rings (SSSR count). The minimum atomic E-state index is 0.232. The van der Waals surface area contributed by atoms with Crippen LogP contribution in [0.3, 0.4) is 0 Å². The molecule has 0 aliphatic carbocycles. The number of hydrogen-bond donors (Lipinski definition) is 1. The van der Waals surface area contributed by atoms with E-state index in [2.05, 4.69) is 21.8 Å². The summed E-state index contributed by atoms with van der Waals surface area (Å²) in [5, 5.41) is 0. The molecule has 1 aliphatic heterocycles. The van der Waals surface area contributed by atoms with Crippen molar-refractivity contribution in [3.63, 3.8) is 0 Å². The van der Waals surface area contributed by atoms with Crippen LogP contribution in [-0.2, 0) is 11.3 Å². The minimum absolute atomic E-state index is 0.232. The molecule has 0 saturated carbocycles. The zero-order valence-corrected chi connectivity index (χ0v) is 10.5. The molecule has 0 bridgehead atoms. The molecule has 1 fully saturated rings. The van der Waals surface area contributed by atoms with Crippen LogP contribution in [0.1, 0.15) is 24.6 Å². The lowest BCUT2D eigenvalue weighted by atomic mass is 10.2. The second-order valence-corrected chi connectivity index (χ2v) is 4.47. The van der Waals surface area contributed by atoms with Crippen molar-refractivity contribution in [1.29, 1.82) is 0 Å². The number of nitrogens with two attached hydrogens (primary N) is 1. The molecule has 0 amide bonds. The average Bonchev–Trinajstić information content (AvgIpc) is 2.54. The quantitative estimate of drug-likeness (QED) is 0.825. The van der Waals surface area contributed by atoms with Crippen molar-refractivity contribution < 1.29 is 4.74 Å². The van der Waals surface area contributed by atoms with Gasteiger partial charge in [0.25, 0.3) is 0 Å². The molecule has 1 aliphatic rings. The summed E-state index contributed by atoms with van der Waals surface area (Å²) in [4.78, 5) is 11.1. The minimum Gasteiger partial charge on any atom is -0.377 e. The van der Waals surface area contributed by atoms with Gasteiger partial charge in [-0.1, -0.05) is 0 Å². The molecular weight excluding hydrogens is 216 g/mol. The molecule has 0 aromatic carbocycles. The molecule has 1 unspecified atom stereocenters. The number of aromatic nitrogens is 2. The van der Waals surface area contributed by atoms with Gasteiger partial charge in [-0.3, -0.25) is 0 Å². The van der Waals surface area contributed by atoms with Crippen LogP contribution in [-0.4, -0.2) is 35.8 Å². The highest BCUT2D eigenvalue weighted by Gasteiger charge is 2.17. The topological polar surface area (TPSA) is 64.3 Å². The maximum atomic E-state index is 5.61. The molecule has 94 valence electrons. The molecular formula is C12H20N4O. The summed E-state index contributed by atoms with van der Waals surface area (Å²) in [6.45, 7) is 7.17. The highest BCUT2D eigenvalue weighted by Crippen LogP contribution is 2.14. The number of aryl methyl sites for hydroxylation is 1. The zero-order chi connectivity index (χ0) is 12.3. The summed E-state index contributed by atoms with van der Waals surface area (Å²) in [5.74, 6) is 0.789. The van der Waals surface area contributed by atoms with Gasteiger partial charge >= 0.3 is 0 Å². The van der Waals surface area contributed by atoms with E-state index in [-0.39, 0.29) is 6.10 Å². The van der Waals surface area contributed by atoms with E-state index in [9.17, 15) is 0 Å². The Kier molecular flexibility index (Phi) is 3.91. The lowest BCUT2D eigenvalue weighted by Gasteiger charge is -2.22. The zero-order valence-electron chi connectivity index (χ0n) is 10.5. The van der Waals surface area contributed by atoms with Gasteiger partial charge in [0.2, 0.25) is 5.95 Å². The van der Waals surface area contributed by atoms with E-state index >= 15 is 0 Å². The maximum absolute atomic E-state index is 5.61. The van der Waals surface area contributed by atoms with Gasteiger partial charge in [-0.25, -0.2) is 9.97 Å². The Bertz CT molecular complexity index is 383. The first-order valence-electron chi connectivity index (χ1n) is 6.10. The second kappa shape index (κ2) is 5.42. The first-order valence-corrected chi connectivity index (χ1v) is 6.10. The van der Waals surface area contributed by atoms with E-state index in [4.69, 9.17) is 10.5 Å². The lowest BCUT2D eigenvalue weighted by Crippen LogP contribution is -2.31. The van der Waals surface area contributed by atoms with Crippen molar-refractivity contribution in [3.8, 4) is 0 Å². The van der Waals surface area contributed by atoms with Crippen molar-refractivity contribution in [2.75, 3.05) is 24.6 Å². The fourth-order valence-corrected chi connectivity index (χ4v) is 2.01. The molecule has 1 aromatic heterocycles. The second-order valence-electron chi connectivity index (χ2n) is 4.47. The molecule has 0 radical (unpaired) electrons. The molecule has 2 heterocycles. The standard InChI is InChI=1S/C12H20N4O/c1-9-8-16(4-3-5-17-9)12-14-7-11(6-13)10(2)15-12/h7,9H,3-6,8,13H2,1-2H3. The number of nitrogens with zero attached hydrogens (tertiary/aromatic N) is 3. The molecule has 1 aromatic rings. The van der Waals surface area contributed by atoms with Gasteiger partial charge in [-0.05, 0) is 20.3 Å². The summed E-state index contributed by atoms with van der Waals surface area (Å²) in [5.41, 5.74) is 7.59. The van der Waals surface area contributed by atoms with E-state index in [1.807, 2.05) is 13.1 Å². The Balaban J connectivity index is 2.17. The van der Waals surface area contributed by atoms with Gasteiger partial charge < -0.3 is 15.4 Å². The predicted molar refractivity (Wildman–Crippen MR) is 66.9 cm³/mol. The van der Waals surface area contributed by atoms with Crippen LogP contribution in [0.5, 0.6) is 0 Å². The van der Waals surface area contributed by atoms with Gasteiger partial charge in [-0.15, -0.1) is 0 Å². The van der Waals surface area contributed by atoms with Crippen LogP contribution in [0, 0.1) is 6.92 Å². The third kappa shape index (κ3) is 2.92. The van der Waals surface area contributed by atoms with Crippen molar-refractivity contribution in [2.24, 2.45) is 5.73 Å². The van der Waals surface area contributed by atoms with Crippen LogP contribution in [0.4, 0.5) is 5.95 Å². The Morgan fingerprint density at radius 1 is 1.59 bits per heavy atom. The van der Waals surface area contributed by atoms with Crippen molar-refractivity contribution in [2.45, 2.75) is 32.9 Å². The summed E-state index contributed by atoms with van der Waals surface area (Å²) >= 11 is 0. The highest BCUT2D eigenvalue weighted by molar-refractivity contribution is 5.33. The van der Waals surface area contributed by atoms with Crippen LogP contribution in [0.2, 0.25) is 0 Å². The molecule has 1 atom stereocenters. The normalized spacial score (nSPS) is 21.4. The monoisotopic (exact) mass is 236 g/mol. The van der Waals surface area contributed by atoms with E-state index in [0.29, 0.717) is 6.54 Å². The third-order valence-corrected chi connectivity index (χ3v) is 3.02. The van der Waals surface area contributed by atoms with Gasteiger partial charge in [0, 0.05) is 43.7 Å². The van der Waals surface area contributed by atoms with Crippen molar-refractivity contribution >= 4 is 5.95 Å². The largest absolute Gasteiger partial charge is 0.377 e. The van der Waals surface area contributed by atoms with E-state index in [0.717, 1.165) is 43.3 Å². The Hall–Kier alpha value is -1.20. The maximum Gasteiger partial charge on any atom is 0.225 e. The Morgan fingerprint density at radius 3 is 3.12 bits per heavy atom. The first-order chi connectivity index (χ1) is 8.20. The summed E-state index contributed by atoms with van der Waals surface area (Å²) in [6, 6.07) is 0. The molecule has 5 nitrogen and oxygen atoms in total. The van der Waals surface area contributed by atoms with Crippen molar-refractivity contribution in [3.05, 3.63) is 17.5 Å². The molecule has 0 spiro atoms. The van der Waals surface area contributed by atoms with Gasteiger partial charge in [-0.2, -0.15) is 0 Å².